The molecule has 2 aromatic rings. The molecule has 6 heteroatoms. The molecule has 2 rings (SSSR count). The Bertz CT molecular complexity index is 918. The molecule has 0 aliphatic carbocycles. The van der Waals surface area contributed by atoms with Crippen molar-refractivity contribution in [2.45, 2.75) is 33.7 Å². The van der Waals surface area contributed by atoms with Crippen LogP contribution >= 0.6 is 11.6 Å². The number of ether oxygens (including phenoxy) is 1. The van der Waals surface area contributed by atoms with Gasteiger partial charge in [-0.1, -0.05) is 18.5 Å². The highest BCUT2D eigenvalue weighted by Gasteiger charge is 2.16. The molecule has 0 N–H and O–H groups in total. The van der Waals surface area contributed by atoms with Crippen molar-refractivity contribution in [1.29, 1.82) is 5.26 Å². The number of carbonyl (C=O) groups is 2. The average Bonchev–Trinajstić information content (AvgIpc) is 2.92. The Labute approximate surface area is 163 Å². The molecule has 0 spiro atoms. The van der Waals surface area contributed by atoms with Crippen LogP contribution in [0.25, 0.3) is 6.08 Å². The molecule has 0 saturated carbocycles. The Balaban J connectivity index is 2.11. The number of esters is 1. The molecule has 0 saturated heterocycles. The third-order valence-corrected chi connectivity index (χ3v) is 4.45. The van der Waals surface area contributed by atoms with Crippen molar-refractivity contribution in [2.24, 2.45) is 0 Å². The van der Waals surface area contributed by atoms with E-state index in [1.807, 2.05) is 26.0 Å². The van der Waals surface area contributed by atoms with Gasteiger partial charge in [0.25, 0.3) is 0 Å². The Hall–Kier alpha value is -2.84. The maximum atomic E-state index is 12.2. The maximum absolute atomic E-state index is 12.2. The first-order chi connectivity index (χ1) is 12.9. The van der Waals surface area contributed by atoms with Crippen molar-refractivity contribution in [2.75, 3.05) is 6.61 Å². The molecule has 0 radical (unpaired) electrons. The first-order valence-electron chi connectivity index (χ1n) is 8.61. The van der Waals surface area contributed by atoms with Crippen LogP contribution in [0.1, 0.15) is 40.7 Å². The van der Waals surface area contributed by atoms with Gasteiger partial charge in [-0.3, -0.25) is 4.79 Å². The molecule has 27 heavy (non-hydrogen) atoms. The topological polar surface area (TPSA) is 72.1 Å². The number of ketones is 1. The van der Waals surface area contributed by atoms with E-state index < -0.39 is 12.6 Å². The van der Waals surface area contributed by atoms with Crippen molar-refractivity contribution < 1.29 is 14.3 Å². The van der Waals surface area contributed by atoms with Gasteiger partial charge in [-0.15, -0.1) is 0 Å². The van der Waals surface area contributed by atoms with Gasteiger partial charge < -0.3 is 9.30 Å². The third kappa shape index (κ3) is 5.08. The summed E-state index contributed by atoms with van der Waals surface area (Å²) in [6.45, 7) is 6.44. The van der Waals surface area contributed by atoms with Gasteiger partial charge in [0.05, 0.1) is 0 Å². The molecule has 0 aliphatic rings. The van der Waals surface area contributed by atoms with E-state index >= 15 is 0 Å². The monoisotopic (exact) mass is 384 g/mol. The van der Waals surface area contributed by atoms with E-state index in [4.69, 9.17) is 16.3 Å². The zero-order valence-corrected chi connectivity index (χ0v) is 16.3. The largest absolute Gasteiger partial charge is 0.453 e. The maximum Gasteiger partial charge on any atom is 0.349 e. The average molecular weight is 385 g/mol. The number of nitriles is 1. The smallest absolute Gasteiger partial charge is 0.349 e. The first kappa shape index (κ1) is 20.5. The van der Waals surface area contributed by atoms with Gasteiger partial charge in [0.15, 0.2) is 12.4 Å². The Kier molecular flexibility index (Phi) is 6.98. The zero-order valence-electron chi connectivity index (χ0n) is 15.6. The number of halogens is 1. The summed E-state index contributed by atoms with van der Waals surface area (Å²) in [5, 5.41) is 9.83. The second-order valence-corrected chi connectivity index (χ2v) is 6.59. The predicted octanol–water partition coefficient (Wildman–Crippen LogP) is 4.50. The van der Waals surface area contributed by atoms with Crippen LogP contribution in [0.4, 0.5) is 0 Å². The van der Waals surface area contributed by atoms with E-state index in [1.165, 1.54) is 6.08 Å². The van der Waals surface area contributed by atoms with E-state index in [-0.39, 0.29) is 11.4 Å². The van der Waals surface area contributed by atoms with Gasteiger partial charge in [-0.05, 0) is 62.2 Å². The fraction of sp³-hybridized carbons (Fsp3) is 0.286. The van der Waals surface area contributed by atoms with Crippen LogP contribution in [-0.4, -0.2) is 22.9 Å². The molecule has 1 heterocycles. The molecule has 5 nitrogen and oxygen atoms in total. The molecule has 1 aromatic carbocycles. The molecular weight excluding hydrogens is 364 g/mol. The van der Waals surface area contributed by atoms with Gasteiger partial charge in [0.2, 0.25) is 0 Å². The quantitative estimate of drug-likeness (QED) is 0.305. The van der Waals surface area contributed by atoms with Crippen molar-refractivity contribution in [3.63, 3.8) is 0 Å². The number of benzene rings is 1. The molecule has 0 aliphatic heterocycles. The number of aromatic nitrogens is 1. The second kappa shape index (κ2) is 9.20. The van der Waals surface area contributed by atoms with Crippen LogP contribution in [0.2, 0.25) is 5.02 Å². The fourth-order valence-corrected chi connectivity index (χ4v) is 2.89. The highest BCUT2D eigenvalue weighted by atomic mass is 35.5. The summed E-state index contributed by atoms with van der Waals surface area (Å²) in [7, 11) is 0. The number of nitrogens with zero attached hydrogens (tertiary/aromatic N) is 2. The van der Waals surface area contributed by atoms with Crippen LogP contribution in [0.5, 0.6) is 0 Å². The minimum Gasteiger partial charge on any atom is -0.453 e. The number of aryl methyl sites for hydroxylation is 1. The second-order valence-electron chi connectivity index (χ2n) is 6.15. The summed E-state index contributed by atoms with van der Waals surface area (Å²) in [5.74, 6) is -1.18. The van der Waals surface area contributed by atoms with Gasteiger partial charge in [0.1, 0.15) is 11.6 Å². The minimum atomic E-state index is -0.819. The number of hydrogen-bond donors (Lipinski definition) is 0. The summed E-state index contributed by atoms with van der Waals surface area (Å²) in [6, 6.07) is 10.1. The molecular formula is C21H21ClN2O3. The Morgan fingerprint density at radius 3 is 2.52 bits per heavy atom. The summed E-state index contributed by atoms with van der Waals surface area (Å²) >= 11 is 5.78. The minimum absolute atomic E-state index is 0.143. The normalized spacial score (nSPS) is 11.1. The number of hydrogen-bond acceptors (Lipinski definition) is 4. The van der Waals surface area contributed by atoms with E-state index in [0.29, 0.717) is 10.6 Å². The molecule has 140 valence electrons. The molecule has 0 unspecified atom stereocenters. The molecule has 0 fully saturated rings. The third-order valence-electron chi connectivity index (χ3n) is 4.20. The fourth-order valence-electron chi connectivity index (χ4n) is 2.76. The summed E-state index contributed by atoms with van der Waals surface area (Å²) < 4.78 is 7.15. The highest BCUT2D eigenvalue weighted by Crippen LogP contribution is 2.19. The zero-order chi connectivity index (χ0) is 20.0. The lowest BCUT2D eigenvalue weighted by Crippen LogP contribution is -2.15. The summed E-state index contributed by atoms with van der Waals surface area (Å²) in [4.78, 5) is 24.3. The van der Waals surface area contributed by atoms with Crippen LogP contribution in [0.3, 0.4) is 0 Å². The van der Waals surface area contributed by atoms with Gasteiger partial charge in [0, 0.05) is 28.5 Å². The first-order valence-corrected chi connectivity index (χ1v) is 8.99. The van der Waals surface area contributed by atoms with Crippen molar-refractivity contribution >= 4 is 29.4 Å². The van der Waals surface area contributed by atoms with Gasteiger partial charge in [-0.2, -0.15) is 5.26 Å². The highest BCUT2D eigenvalue weighted by molar-refractivity contribution is 6.30. The summed E-state index contributed by atoms with van der Waals surface area (Å²) in [6.07, 6.45) is 2.49. The lowest BCUT2D eigenvalue weighted by atomic mass is 10.1. The van der Waals surface area contributed by atoms with Crippen LogP contribution < -0.4 is 0 Å². The Morgan fingerprint density at radius 1 is 1.26 bits per heavy atom. The van der Waals surface area contributed by atoms with E-state index in [2.05, 4.69) is 11.5 Å². The van der Waals surface area contributed by atoms with Crippen LogP contribution in [0, 0.1) is 25.2 Å². The Morgan fingerprint density at radius 2 is 1.93 bits per heavy atom. The molecule has 1 aromatic heterocycles. The van der Waals surface area contributed by atoms with E-state index in [1.54, 1.807) is 24.3 Å². The lowest BCUT2D eigenvalue weighted by Gasteiger charge is -2.07. The number of Topliss-reactive ketones (excluding diaryl/α,β-unsaturated/α-hetero) is 1. The van der Waals surface area contributed by atoms with Crippen molar-refractivity contribution in [3.8, 4) is 6.07 Å². The lowest BCUT2D eigenvalue weighted by molar-refractivity contribution is -0.137. The van der Waals surface area contributed by atoms with Crippen LogP contribution in [0.15, 0.2) is 35.9 Å². The standard InChI is InChI=1S/C21H21ClN2O3/c1-4-9-24-14(2)10-17(15(24)3)11-18(12-23)21(26)27-13-20(25)16-5-7-19(22)8-6-16/h5-8,10-11H,4,9,13H2,1-3H3/b18-11+. The number of rotatable bonds is 7. The van der Waals surface area contributed by atoms with Gasteiger partial charge in [-0.25, -0.2) is 4.79 Å². The van der Waals surface area contributed by atoms with Crippen molar-refractivity contribution in [1.82, 2.24) is 4.57 Å². The van der Waals surface area contributed by atoms with E-state index in [9.17, 15) is 14.9 Å². The van der Waals surface area contributed by atoms with Crippen molar-refractivity contribution in [3.05, 3.63) is 63.4 Å². The van der Waals surface area contributed by atoms with E-state index in [0.717, 1.165) is 29.9 Å². The molecule has 0 bridgehead atoms. The SMILES string of the molecule is CCCn1c(C)cc(/C=C(\C#N)C(=O)OCC(=O)c2ccc(Cl)cc2)c1C. The summed E-state index contributed by atoms with van der Waals surface area (Å²) in [5.41, 5.74) is 3.07. The molecule has 0 atom stereocenters. The van der Waals surface area contributed by atoms with Crippen LogP contribution in [-0.2, 0) is 16.1 Å². The van der Waals surface area contributed by atoms with Gasteiger partial charge >= 0.3 is 5.97 Å². The molecule has 0 amide bonds. The predicted molar refractivity (Wildman–Crippen MR) is 105 cm³/mol. The number of carbonyl (C=O) groups excluding carboxylic acids is 2.